The summed E-state index contributed by atoms with van der Waals surface area (Å²) < 4.78 is 0. The van der Waals surface area contributed by atoms with Gasteiger partial charge in [0.15, 0.2) is 0 Å². The van der Waals surface area contributed by atoms with E-state index in [4.69, 9.17) is 0 Å². The Morgan fingerprint density at radius 1 is 1.05 bits per heavy atom. The smallest absolute Gasteiger partial charge is 0.315 e. The van der Waals surface area contributed by atoms with Crippen molar-refractivity contribution in [2.24, 2.45) is 0 Å². The molecule has 0 radical (unpaired) electrons. The lowest BCUT2D eigenvalue weighted by atomic mass is 9.95. The molecular weight excluding hydrogens is 260 g/mol. The Hall–Kier alpha value is -2.29. The molecule has 0 spiro atoms. The fourth-order valence-electron chi connectivity index (χ4n) is 2.32. The Labute approximate surface area is 126 Å². The summed E-state index contributed by atoms with van der Waals surface area (Å²) in [5.74, 6) is 0. The van der Waals surface area contributed by atoms with E-state index < -0.39 is 0 Å². The molecule has 0 bridgehead atoms. The maximum atomic E-state index is 12.0. The molecule has 0 fully saturated rings. The van der Waals surface area contributed by atoms with Gasteiger partial charge in [-0.15, -0.1) is 0 Å². The number of rotatable bonds is 5. The van der Waals surface area contributed by atoms with Crippen LogP contribution in [0.15, 0.2) is 54.6 Å². The third kappa shape index (κ3) is 4.09. The topological polar surface area (TPSA) is 41.1 Å². The van der Waals surface area contributed by atoms with Crippen molar-refractivity contribution in [3.63, 3.8) is 0 Å². The Balaban J connectivity index is 2.27. The molecule has 1 atom stereocenters. The molecule has 0 unspecified atom stereocenters. The summed E-state index contributed by atoms with van der Waals surface area (Å²) in [6.07, 6.45) is 0.924. The number of nitrogens with one attached hydrogen (secondary N) is 2. The van der Waals surface area contributed by atoms with Gasteiger partial charge in [-0.25, -0.2) is 4.79 Å². The van der Waals surface area contributed by atoms with Gasteiger partial charge in [0, 0.05) is 6.54 Å². The van der Waals surface area contributed by atoms with Gasteiger partial charge >= 0.3 is 6.03 Å². The molecule has 2 rings (SSSR count). The van der Waals surface area contributed by atoms with E-state index in [1.807, 2.05) is 49.4 Å². The highest BCUT2D eigenvalue weighted by Gasteiger charge is 2.17. The second-order valence-electron chi connectivity index (χ2n) is 5.10. The van der Waals surface area contributed by atoms with E-state index in [0.717, 1.165) is 17.5 Å². The van der Waals surface area contributed by atoms with E-state index in [1.165, 1.54) is 5.56 Å². The number of aryl methyl sites for hydroxylation is 1. The summed E-state index contributed by atoms with van der Waals surface area (Å²) >= 11 is 0. The van der Waals surface area contributed by atoms with E-state index in [-0.39, 0.29) is 12.1 Å². The van der Waals surface area contributed by atoms with E-state index in [2.05, 4.69) is 29.7 Å². The Bertz CT molecular complexity index is 581. The molecule has 110 valence electrons. The lowest BCUT2D eigenvalue weighted by Crippen LogP contribution is -2.38. The summed E-state index contributed by atoms with van der Waals surface area (Å²) in [5.41, 5.74) is 3.37. The molecule has 2 aromatic rings. The molecular formula is C18H22N2O. The first kappa shape index (κ1) is 15.1. The van der Waals surface area contributed by atoms with Crippen molar-refractivity contribution in [2.45, 2.75) is 26.3 Å². The van der Waals surface area contributed by atoms with Crippen LogP contribution in [0.25, 0.3) is 0 Å². The lowest BCUT2D eigenvalue weighted by molar-refractivity contribution is 0.238. The Kier molecular flexibility index (Phi) is 5.38. The first-order valence-electron chi connectivity index (χ1n) is 7.37. The number of benzene rings is 2. The summed E-state index contributed by atoms with van der Waals surface area (Å²) in [6.45, 7) is 4.79. The van der Waals surface area contributed by atoms with Crippen LogP contribution in [0.1, 0.15) is 36.1 Å². The van der Waals surface area contributed by atoms with Gasteiger partial charge < -0.3 is 10.6 Å². The molecule has 0 aliphatic carbocycles. The SMILES string of the molecule is CCCNC(=O)N[C@@H](c1ccccc1)c1ccccc1C. The van der Waals surface area contributed by atoms with Crippen LogP contribution in [0.5, 0.6) is 0 Å². The molecule has 2 amide bonds. The monoisotopic (exact) mass is 282 g/mol. The second kappa shape index (κ2) is 7.48. The number of hydrogen-bond acceptors (Lipinski definition) is 1. The third-order valence-corrected chi connectivity index (χ3v) is 3.44. The van der Waals surface area contributed by atoms with Crippen molar-refractivity contribution in [3.05, 3.63) is 71.3 Å². The zero-order chi connectivity index (χ0) is 15.1. The highest BCUT2D eigenvalue weighted by atomic mass is 16.2. The molecule has 3 nitrogen and oxygen atoms in total. The predicted octanol–water partition coefficient (Wildman–Crippen LogP) is 3.79. The van der Waals surface area contributed by atoms with Gasteiger partial charge in [0.25, 0.3) is 0 Å². The molecule has 0 aliphatic heterocycles. The van der Waals surface area contributed by atoms with E-state index >= 15 is 0 Å². The van der Waals surface area contributed by atoms with Gasteiger partial charge in [0.1, 0.15) is 0 Å². The number of amides is 2. The highest BCUT2D eigenvalue weighted by Crippen LogP contribution is 2.24. The van der Waals surface area contributed by atoms with Crippen LogP contribution in [0.2, 0.25) is 0 Å². The number of urea groups is 1. The van der Waals surface area contributed by atoms with Crippen LogP contribution in [0.4, 0.5) is 4.79 Å². The van der Waals surface area contributed by atoms with Crippen LogP contribution in [0.3, 0.4) is 0 Å². The zero-order valence-electron chi connectivity index (χ0n) is 12.6. The van der Waals surface area contributed by atoms with E-state index in [1.54, 1.807) is 0 Å². The first-order valence-corrected chi connectivity index (χ1v) is 7.37. The van der Waals surface area contributed by atoms with Crippen LogP contribution in [-0.4, -0.2) is 12.6 Å². The minimum absolute atomic E-state index is 0.131. The highest BCUT2D eigenvalue weighted by molar-refractivity contribution is 5.75. The van der Waals surface area contributed by atoms with Gasteiger partial charge in [0.05, 0.1) is 6.04 Å². The molecule has 0 saturated heterocycles. The molecule has 3 heteroatoms. The quantitative estimate of drug-likeness (QED) is 0.860. The van der Waals surface area contributed by atoms with Crippen LogP contribution >= 0.6 is 0 Å². The summed E-state index contributed by atoms with van der Waals surface area (Å²) in [7, 11) is 0. The standard InChI is InChI=1S/C18H22N2O/c1-3-13-19-18(21)20-17(15-10-5-4-6-11-15)16-12-8-7-9-14(16)2/h4-12,17H,3,13H2,1-2H3,(H2,19,20,21)/t17-/m0/s1. The average Bonchev–Trinajstić information content (AvgIpc) is 2.52. The summed E-state index contributed by atoms with van der Waals surface area (Å²) in [5, 5.41) is 5.95. The predicted molar refractivity (Wildman–Crippen MR) is 86.3 cm³/mol. The largest absolute Gasteiger partial charge is 0.338 e. The first-order chi connectivity index (χ1) is 10.2. The van der Waals surface area contributed by atoms with Crippen molar-refractivity contribution in [2.75, 3.05) is 6.54 Å². The molecule has 0 heterocycles. The van der Waals surface area contributed by atoms with Crippen LogP contribution < -0.4 is 10.6 Å². The van der Waals surface area contributed by atoms with Gasteiger partial charge in [-0.1, -0.05) is 61.5 Å². The maximum Gasteiger partial charge on any atom is 0.315 e. The number of hydrogen-bond donors (Lipinski definition) is 2. The van der Waals surface area contributed by atoms with E-state index in [0.29, 0.717) is 6.54 Å². The molecule has 21 heavy (non-hydrogen) atoms. The molecule has 0 aromatic heterocycles. The minimum Gasteiger partial charge on any atom is -0.338 e. The third-order valence-electron chi connectivity index (χ3n) is 3.44. The van der Waals surface area contributed by atoms with Crippen LogP contribution in [-0.2, 0) is 0 Å². The maximum absolute atomic E-state index is 12.0. The Morgan fingerprint density at radius 2 is 1.71 bits per heavy atom. The number of carbonyl (C=O) groups is 1. The van der Waals surface area contributed by atoms with Crippen LogP contribution in [0, 0.1) is 6.92 Å². The molecule has 2 aromatic carbocycles. The van der Waals surface area contributed by atoms with Crippen molar-refractivity contribution >= 4 is 6.03 Å². The molecule has 0 saturated carbocycles. The van der Waals surface area contributed by atoms with Crippen molar-refractivity contribution in [1.82, 2.24) is 10.6 Å². The van der Waals surface area contributed by atoms with Gasteiger partial charge in [0.2, 0.25) is 0 Å². The van der Waals surface area contributed by atoms with Crippen molar-refractivity contribution < 1.29 is 4.79 Å². The molecule has 2 N–H and O–H groups in total. The molecule has 0 aliphatic rings. The summed E-state index contributed by atoms with van der Waals surface area (Å²) in [6, 6.07) is 17.9. The lowest BCUT2D eigenvalue weighted by Gasteiger charge is -2.21. The van der Waals surface area contributed by atoms with Crippen molar-refractivity contribution in [3.8, 4) is 0 Å². The van der Waals surface area contributed by atoms with Gasteiger partial charge in [-0.2, -0.15) is 0 Å². The normalized spacial score (nSPS) is 11.7. The Morgan fingerprint density at radius 3 is 2.38 bits per heavy atom. The summed E-state index contributed by atoms with van der Waals surface area (Å²) in [4.78, 5) is 12.0. The fourth-order valence-corrected chi connectivity index (χ4v) is 2.32. The van der Waals surface area contributed by atoms with E-state index in [9.17, 15) is 4.79 Å². The second-order valence-corrected chi connectivity index (χ2v) is 5.10. The van der Waals surface area contributed by atoms with Crippen molar-refractivity contribution in [1.29, 1.82) is 0 Å². The van der Waals surface area contributed by atoms with Gasteiger partial charge in [-0.05, 0) is 30.0 Å². The van der Waals surface area contributed by atoms with Gasteiger partial charge in [-0.3, -0.25) is 0 Å². The minimum atomic E-state index is -0.135. The zero-order valence-corrected chi connectivity index (χ0v) is 12.6. The fraction of sp³-hybridized carbons (Fsp3) is 0.278. The average molecular weight is 282 g/mol. The number of carbonyl (C=O) groups excluding carboxylic acids is 1.